The van der Waals surface area contributed by atoms with Crippen molar-refractivity contribution in [1.29, 1.82) is 0 Å². The summed E-state index contributed by atoms with van der Waals surface area (Å²) < 4.78 is 19.3. The van der Waals surface area contributed by atoms with Gasteiger partial charge in [0.2, 0.25) is 5.91 Å². The van der Waals surface area contributed by atoms with Gasteiger partial charge in [-0.05, 0) is 53.9 Å². The van der Waals surface area contributed by atoms with Gasteiger partial charge in [-0.15, -0.1) is 0 Å². The fraction of sp³-hybridized carbons (Fsp3) is 0.250. The Labute approximate surface area is 190 Å². The first-order valence-corrected chi connectivity index (χ1v) is 10.6. The zero-order chi connectivity index (χ0) is 22.8. The van der Waals surface area contributed by atoms with Crippen molar-refractivity contribution in [2.75, 3.05) is 25.1 Å². The molecule has 2 aromatic carbocycles. The van der Waals surface area contributed by atoms with Gasteiger partial charge in [0, 0.05) is 37.7 Å². The molecule has 3 aromatic rings. The normalized spacial score (nSPS) is 15.6. The average molecular weight is 456 g/mol. The van der Waals surface area contributed by atoms with Crippen molar-refractivity contribution < 1.29 is 19.0 Å². The van der Waals surface area contributed by atoms with Gasteiger partial charge in [-0.25, -0.2) is 9.37 Å². The molecule has 0 saturated carbocycles. The number of hydrogen-bond acceptors (Lipinski definition) is 5. The number of carbonyl (C=O) groups excluding carboxylic acids is 1. The van der Waals surface area contributed by atoms with E-state index in [1.165, 1.54) is 32.2 Å². The van der Waals surface area contributed by atoms with Gasteiger partial charge < -0.3 is 20.1 Å². The molecular weight excluding hydrogens is 433 g/mol. The van der Waals surface area contributed by atoms with E-state index < -0.39 is 5.82 Å². The first-order chi connectivity index (χ1) is 15.3. The maximum Gasteiger partial charge on any atom is 0.217 e. The van der Waals surface area contributed by atoms with E-state index in [4.69, 9.17) is 21.3 Å². The molecule has 0 aliphatic carbocycles. The molecule has 1 aromatic heterocycles. The van der Waals surface area contributed by atoms with E-state index in [-0.39, 0.29) is 22.7 Å². The molecule has 0 spiro atoms. The number of phenols is 1. The highest BCUT2D eigenvalue weighted by molar-refractivity contribution is 6.30. The zero-order valence-corrected chi connectivity index (χ0v) is 18.5. The number of pyridine rings is 1. The van der Waals surface area contributed by atoms with Crippen LogP contribution < -0.4 is 15.0 Å². The molecule has 2 N–H and O–H groups in total. The summed E-state index contributed by atoms with van der Waals surface area (Å²) in [6.07, 6.45) is 0.796. The SMILES string of the molecule is COc1ccc(-c2cc(-c3ccc(Cl)c(F)c3)cc(N3CCC(NC(C)=O)C3)n2)c(O)c1. The molecular formula is C24H23ClFN3O3. The van der Waals surface area contributed by atoms with Crippen LogP contribution in [-0.4, -0.2) is 42.2 Å². The fourth-order valence-electron chi connectivity index (χ4n) is 3.89. The van der Waals surface area contributed by atoms with Crippen LogP contribution in [0.4, 0.5) is 10.2 Å². The van der Waals surface area contributed by atoms with E-state index in [0.717, 1.165) is 12.0 Å². The fourth-order valence-corrected chi connectivity index (χ4v) is 4.00. The second-order valence-corrected chi connectivity index (χ2v) is 8.15. The molecule has 166 valence electrons. The Morgan fingerprint density at radius 3 is 2.72 bits per heavy atom. The number of phenolic OH excluding ortho intramolecular Hbond substituents is 1. The quantitative estimate of drug-likeness (QED) is 0.586. The Kier molecular flexibility index (Phi) is 6.19. The Bertz CT molecular complexity index is 1170. The summed E-state index contributed by atoms with van der Waals surface area (Å²) in [6.45, 7) is 2.82. The lowest BCUT2D eigenvalue weighted by molar-refractivity contribution is -0.119. The highest BCUT2D eigenvalue weighted by Crippen LogP contribution is 2.36. The predicted molar refractivity (Wildman–Crippen MR) is 123 cm³/mol. The number of amides is 1. The van der Waals surface area contributed by atoms with Crippen molar-refractivity contribution in [3.8, 4) is 33.9 Å². The molecule has 1 aliphatic heterocycles. The highest BCUT2D eigenvalue weighted by atomic mass is 35.5. The van der Waals surface area contributed by atoms with Crippen LogP contribution in [0.1, 0.15) is 13.3 Å². The van der Waals surface area contributed by atoms with Crippen LogP contribution in [0.2, 0.25) is 5.02 Å². The monoisotopic (exact) mass is 455 g/mol. The number of nitrogens with zero attached hydrogens (tertiary/aromatic N) is 2. The van der Waals surface area contributed by atoms with Crippen molar-refractivity contribution in [3.63, 3.8) is 0 Å². The van der Waals surface area contributed by atoms with E-state index in [1.54, 1.807) is 24.3 Å². The largest absolute Gasteiger partial charge is 0.507 e. The van der Waals surface area contributed by atoms with Crippen molar-refractivity contribution in [3.05, 3.63) is 59.4 Å². The number of ether oxygens (including phenoxy) is 1. The number of hydrogen-bond donors (Lipinski definition) is 2. The predicted octanol–water partition coefficient (Wildman–Crippen LogP) is 4.64. The Morgan fingerprint density at radius 2 is 2.03 bits per heavy atom. The second-order valence-electron chi connectivity index (χ2n) is 7.74. The van der Waals surface area contributed by atoms with E-state index >= 15 is 0 Å². The summed E-state index contributed by atoms with van der Waals surface area (Å²) in [5, 5.41) is 13.5. The number of aromatic nitrogens is 1. The topological polar surface area (TPSA) is 74.7 Å². The standard InChI is InChI=1S/C24H23ClFN3O3/c1-14(30)27-17-7-8-29(13-17)24-11-16(15-3-6-20(25)21(26)9-15)10-22(28-24)19-5-4-18(32-2)12-23(19)31/h3-6,9-12,17,31H,7-8,13H2,1-2H3,(H,27,30). The summed E-state index contributed by atoms with van der Waals surface area (Å²) in [5.74, 6) is 0.651. The van der Waals surface area contributed by atoms with Gasteiger partial charge in [0.25, 0.3) is 0 Å². The van der Waals surface area contributed by atoms with Crippen LogP contribution in [0.5, 0.6) is 11.5 Å². The molecule has 6 nitrogen and oxygen atoms in total. The molecule has 1 aliphatic rings. The second kappa shape index (κ2) is 9.04. The number of nitrogens with one attached hydrogen (secondary N) is 1. The van der Waals surface area contributed by atoms with Crippen LogP contribution in [0.15, 0.2) is 48.5 Å². The smallest absolute Gasteiger partial charge is 0.217 e. The van der Waals surface area contributed by atoms with E-state index in [2.05, 4.69) is 10.2 Å². The Morgan fingerprint density at radius 1 is 1.22 bits per heavy atom. The minimum Gasteiger partial charge on any atom is -0.507 e. The third kappa shape index (κ3) is 4.62. The van der Waals surface area contributed by atoms with E-state index in [0.29, 0.717) is 41.5 Å². The van der Waals surface area contributed by atoms with Crippen molar-refractivity contribution in [1.82, 2.24) is 10.3 Å². The van der Waals surface area contributed by atoms with Gasteiger partial charge in [-0.2, -0.15) is 0 Å². The molecule has 1 fully saturated rings. The number of rotatable bonds is 5. The van der Waals surface area contributed by atoms with E-state index in [1.807, 2.05) is 6.07 Å². The first-order valence-electron chi connectivity index (χ1n) is 10.2. The summed E-state index contributed by atoms with van der Waals surface area (Å²) in [4.78, 5) is 18.3. The number of anilines is 1. The number of halogens is 2. The lowest BCUT2D eigenvalue weighted by Crippen LogP contribution is -2.35. The number of benzene rings is 2. The van der Waals surface area contributed by atoms with E-state index in [9.17, 15) is 14.3 Å². The number of methoxy groups -OCH3 is 1. The number of carbonyl (C=O) groups is 1. The van der Waals surface area contributed by atoms with Crippen LogP contribution in [-0.2, 0) is 4.79 Å². The molecule has 1 amide bonds. The van der Waals surface area contributed by atoms with Crippen LogP contribution in [0.25, 0.3) is 22.4 Å². The highest BCUT2D eigenvalue weighted by Gasteiger charge is 2.25. The molecule has 1 saturated heterocycles. The van der Waals surface area contributed by atoms with Gasteiger partial charge in [0.15, 0.2) is 0 Å². The molecule has 4 rings (SSSR count). The van der Waals surface area contributed by atoms with Crippen molar-refractivity contribution >= 4 is 23.3 Å². The Balaban J connectivity index is 1.78. The van der Waals surface area contributed by atoms with Crippen molar-refractivity contribution in [2.45, 2.75) is 19.4 Å². The third-order valence-electron chi connectivity index (χ3n) is 5.47. The van der Waals surface area contributed by atoms with Gasteiger partial charge in [0.1, 0.15) is 23.1 Å². The van der Waals surface area contributed by atoms with Crippen LogP contribution in [0.3, 0.4) is 0 Å². The van der Waals surface area contributed by atoms with Gasteiger partial charge in [0.05, 0.1) is 17.8 Å². The van der Waals surface area contributed by atoms with Crippen molar-refractivity contribution in [2.24, 2.45) is 0 Å². The molecule has 0 radical (unpaired) electrons. The minimum absolute atomic E-state index is 0.0276. The Hall–Kier alpha value is -3.32. The van der Waals surface area contributed by atoms with Crippen LogP contribution in [0, 0.1) is 5.82 Å². The maximum absolute atomic E-state index is 14.2. The maximum atomic E-state index is 14.2. The summed E-state index contributed by atoms with van der Waals surface area (Å²) >= 11 is 5.86. The molecule has 32 heavy (non-hydrogen) atoms. The zero-order valence-electron chi connectivity index (χ0n) is 17.7. The van der Waals surface area contributed by atoms with Gasteiger partial charge >= 0.3 is 0 Å². The summed E-state index contributed by atoms with van der Waals surface area (Å²) in [6, 6.07) is 13.3. The molecule has 1 atom stereocenters. The lowest BCUT2D eigenvalue weighted by Gasteiger charge is -2.20. The lowest BCUT2D eigenvalue weighted by atomic mass is 10.0. The molecule has 8 heteroatoms. The molecule has 2 heterocycles. The minimum atomic E-state index is -0.511. The third-order valence-corrected chi connectivity index (χ3v) is 5.77. The molecule has 0 bridgehead atoms. The molecule has 1 unspecified atom stereocenters. The van der Waals surface area contributed by atoms with Crippen LogP contribution >= 0.6 is 11.6 Å². The average Bonchev–Trinajstić information content (AvgIpc) is 3.23. The first kappa shape index (κ1) is 21.9. The summed E-state index contributed by atoms with van der Waals surface area (Å²) in [7, 11) is 1.53. The van der Waals surface area contributed by atoms with Gasteiger partial charge in [-0.1, -0.05) is 17.7 Å². The summed E-state index contributed by atoms with van der Waals surface area (Å²) in [5.41, 5.74) is 2.44. The number of aromatic hydroxyl groups is 1. The van der Waals surface area contributed by atoms with Gasteiger partial charge in [-0.3, -0.25) is 4.79 Å².